The SMILES string of the molecule is Cc1nc(CCOCC(F)F)ncc1C(C)Cl. The van der Waals surface area contributed by atoms with Crippen LogP contribution in [0.1, 0.15) is 29.4 Å². The minimum absolute atomic E-state index is 0.140. The van der Waals surface area contributed by atoms with Gasteiger partial charge in [0.2, 0.25) is 0 Å². The van der Waals surface area contributed by atoms with Crippen molar-refractivity contribution in [1.82, 2.24) is 9.97 Å². The highest BCUT2D eigenvalue weighted by Gasteiger charge is 2.08. The Balaban J connectivity index is 2.47. The highest BCUT2D eigenvalue weighted by Crippen LogP contribution is 2.20. The van der Waals surface area contributed by atoms with Crippen LogP contribution in [0.5, 0.6) is 0 Å². The fourth-order valence-corrected chi connectivity index (χ4v) is 1.59. The van der Waals surface area contributed by atoms with E-state index in [4.69, 9.17) is 16.3 Å². The Hall–Kier alpha value is -0.810. The van der Waals surface area contributed by atoms with Gasteiger partial charge < -0.3 is 4.74 Å². The number of hydrogen-bond donors (Lipinski definition) is 0. The number of aryl methyl sites for hydroxylation is 1. The first-order chi connectivity index (χ1) is 8.00. The zero-order valence-corrected chi connectivity index (χ0v) is 10.5. The summed E-state index contributed by atoms with van der Waals surface area (Å²) >= 11 is 5.93. The fourth-order valence-electron chi connectivity index (χ4n) is 1.37. The van der Waals surface area contributed by atoms with Crippen molar-refractivity contribution in [2.75, 3.05) is 13.2 Å². The van der Waals surface area contributed by atoms with Crippen LogP contribution >= 0.6 is 11.6 Å². The number of rotatable bonds is 6. The molecule has 1 unspecified atom stereocenters. The van der Waals surface area contributed by atoms with Crippen molar-refractivity contribution in [3.8, 4) is 0 Å². The minimum Gasteiger partial charge on any atom is -0.375 e. The van der Waals surface area contributed by atoms with E-state index in [1.54, 1.807) is 6.20 Å². The number of halogens is 3. The quantitative estimate of drug-likeness (QED) is 0.585. The molecule has 0 aliphatic carbocycles. The third-order valence-corrected chi connectivity index (χ3v) is 2.44. The van der Waals surface area contributed by atoms with Gasteiger partial charge in [0.05, 0.1) is 12.0 Å². The molecule has 3 nitrogen and oxygen atoms in total. The largest absolute Gasteiger partial charge is 0.375 e. The van der Waals surface area contributed by atoms with Gasteiger partial charge in [-0.2, -0.15) is 0 Å². The number of nitrogens with zero attached hydrogens (tertiary/aromatic N) is 2. The summed E-state index contributed by atoms with van der Waals surface area (Å²) in [6.45, 7) is 3.34. The van der Waals surface area contributed by atoms with Crippen LogP contribution < -0.4 is 0 Å². The van der Waals surface area contributed by atoms with Gasteiger partial charge in [0.1, 0.15) is 12.4 Å². The topological polar surface area (TPSA) is 35.0 Å². The van der Waals surface area contributed by atoms with Gasteiger partial charge in [-0.25, -0.2) is 18.7 Å². The normalized spacial score (nSPS) is 13.1. The summed E-state index contributed by atoms with van der Waals surface area (Å²) in [5.41, 5.74) is 1.69. The summed E-state index contributed by atoms with van der Waals surface area (Å²) in [5, 5.41) is -0.140. The number of ether oxygens (including phenoxy) is 1. The van der Waals surface area contributed by atoms with Gasteiger partial charge in [-0.15, -0.1) is 11.6 Å². The van der Waals surface area contributed by atoms with Crippen LogP contribution in [0.2, 0.25) is 0 Å². The van der Waals surface area contributed by atoms with Gasteiger partial charge in [-0.1, -0.05) is 0 Å². The summed E-state index contributed by atoms with van der Waals surface area (Å²) in [6, 6.07) is 0. The molecule has 0 N–H and O–H groups in total. The van der Waals surface area contributed by atoms with Crippen LogP contribution in [0.4, 0.5) is 8.78 Å². The lowest BCUT2D eigenvalue weighted by molar-refractivity contribution is 0.0182. The van der Waals surface area contributed by atoms with Gasteiger partial charge >= 0.3 is 0 Å². The highest BCUT2D eigenvalue weighted by molar-refractivity contribution is 6.20. The smallest absolute Gasteiger partial charge is 0.261 e. The summed E-state index contributed by atoms with van der Waals surface area (Å²) in [7, 11) is 0. The second-order valence-corrected chi connectivity index (χ2v) is 4.31. The van der Waals surface area contributed by atoms with Crippen LogP contribution in [0.25, 0.3) is 0 Å². The first kappa shape index (κ1) is 14.3. The van der Waals surface area contributed by atoms with Crippen LogP contribution in [0, 0.1) is 6.92 Å². The Morgan fingerprint density at radius 2 is 2.18 bits per heavy atom. The average Bonchev–Trinajstić information content (AvgIpc) is 2.23. The van der Waals surface area contributed by atoms with Gasteiger partial charge in [-0.3, -0.25) is 0 Å². The molecule has 0 saturated carbocycles. The lowest BCUT2D eigenvalue weighted by Gasteiger charge is -2.08. The van der Waals surface area contributed by atoms with Crippen molar-refractivity contribution in [2.24, 2.45) is 0 Å². The first-order valence-electron chi connectivity index (χ1n) is 5.33. The van der Waals surface area contributed by atoms with E-state index in [1.165, 1.54) is 0 Å². The summed E-state index contributed by atoms with van der Waals surface area (Å²) in [5.74, 6) is 0.581. The number of hydrogen-bond acceptors (Lipinski definition) is 3. The Morgan fingerprint density at radius 3 is 2.71 bits per heavy atom. The van der Waals surface area contributed by atoms with Crippen LogP contribution in [-0.4, -0.2) is 29.6 Å². The second kappa shape index (κ2) is 6.81. The Morgan fingerprint density at radius 1 is 1.47 bits per heavy atom. The lowest BCUT2D eigenvalue weighted by atomic mass is 10.2. The van der Waals surface area contributed by atoms with E-state index in [1.807, 2.05) is 13.8 Å². The monoisotopic (exact) mass is 264 g/mol. The van der Waals surface area contributed by atoms with Crippen molar-refractivity contribution in [3.05, 3.63) is 23.3 Å². The lowest BCUT2D eigenvalue weighted by Crippen LogP contribution is -2.09. The summed E-state index contributed by atoms with van der Waals surface area (Å²) in [4.78, 5) is 8.36. The van der Waals surface area contributed by atoms with Crippen molar-refractivity contribution >= 4 is 11.6 Å². The molecule has 0 fully saturated rings. The van der Waals surface area contributed by atoms with Crippen molar-refractivity contribution in [2.45, 2.75) is 32.1 Å². The Kier molecular flexibility index (Phi) is 5.71. The molecule has 6 heteroatoms. The predicted octanol–water partition coefficient (Wildman–Crippen LogP) is 2.91. The average molecular weight is 265 g/mol. The molecule has 0 amide bonds. The van der Waals surface area contributed by atoms with E-state index in [2.05, 4.69) is 9.97 Å². The van der Waals surface area contributed by atoms with E-state index in [0.717, 1.165) is 11.3 Å². The van der Waals surface area contributed by atoms with Gasteiger partial charge in [0.25, 0.3) is 6.43 Å². The van der Waals surface area contributed by atoms with E-state index >= 15 is 0 Å². The standard InChI is InChI=1S/C11H15ClF2N2O/c1-7(12)9-5-15-11(16-8(9)2)3-4-17-6-10(13)14/h5,7,10H,3-4,6H2,1-2H3. The highest BCUT2D eigenvalue weighted by atomic mass is 35.5. The minimum atomic E-state index is -2.43. The maximum atomic E-state index is 11.8. The summed E-state index contributed by atoms with van der Waals surface area (Å²) < 4.78 is 28.4. The fraction of sp³-hybridized carbons (Fsp3) is 0.636. The molecule has 1 heterocycles. The molecule has 0 aliphatic rings. The Bertz CT molecular complexity index is 361. The molecule has 0 spiro atoms. The third kappa shape index (κ3) is 4.91. The number of alkyl halides is 3. The second-order valence-electron chi connectivity index (χ2n) is 3.66. The zero-order chi connectivity index (χ0) is 12.8. The Labute approximate surface area is 104 Å². The zero-order valence-electron chi connectivity index (χ0n) is 9.79. The van der Waals surface area contributed by atoms with Gasteiger partial charge in [-0.05, 0) is 13.8 Å². The number of aromatic nitrogens is 2. The molecule has 1 aromatic heterocycles. The summed E-state index contributed by atoms with van der Waals surface area (Å²) in [6.07, 6.45) is -0.343. The molecule has 0 aliphatic heterocycles. The molecule has 0 bridgehead atoms. The molecule has 0 radical (unpaired) electrons. The maximum Gasteiger partial charge on any atom is 0.261 e. The predicted molar refractivity (Wildman–Crippen MR) is 61.6 cm³/mol. The van der Waals surface area contributed by atoms with Gasteiger partial charge in [0.15, 0.2) is 0 Å². The molecule has 1 rings (SSSR count). The molecule has 17 heavy (non-hydrogen) atoms. The van der Waals surface area contributed by atoms with Crippen molar-refractivity contribution < 1.29 is 13.5 Å². The molecule has 1 atom stereocenters. The first-order valence-corrected chi connectivity index (χ1v) is 5.76. The van der Waals surface area contributed by atoms with Gasteiger partial charge in [0, 0.05) is 23.9 Å². The third-order valence-electron chi connectivity index (χ3n) is 2.21. The maximum absolute atomic E-state index is 11.8. The molecule has 96 valence electrons. The van der Waals surface area contributed by atoms with E-state index in [0.29, 0.717) is 12.2 Å². The van der Waals surface area contributed by atoms with E-state index < -0.39 is 13.0 Å². The van der Waals surface area contributed by atoms with Crippen LogP contribution in [-0.2, 0) is 11.2 Å². The molecular weight excluding hydrogens is 250 g/mol. The van der Waals surface area contributed by atoms with Crippen LogP contribution in [0.15, 0.2) is 6.20 Å². The van der Waals surface area contributed by atoms with E-state index in [-0.39, 0.29) is 12.0 Å². The molecule has 1 aromatic rings. The van der Waals surface area contributed by atoms with Crippen molar-refractivity contribution in [3.63, 3.8) is 0 Å². The molecule has 0 aromatic carbocycles. The van der Waals surface area contributed by atoms with E-state index in [9.17, 15) is 8.78 Å². The molecule has 0 saturated heterocycles. The molecular formula is C11H15ClF2N2O. The van der Waals surface area contributed by atoms with Crippen molar-refractivity contribution in [1.29, 1.82) is 0 Å². The van der Waals surface area contributed by atoms with Crippen LogP contribution in [0.3, 0.4) is 0 Å².